The van der Waals surface area contributed by atoms with Gasteiger partial charge in [-0.25, -0.2) is 19.6 Å². The lowest BCUT2D eigenvalue weighted by Crippen LogP contribution is -2.57. The number of aromatic nitrogens is 2. The van der Waals surface area contributed by atoms with Gasteiger partial charge in [0.25, 0.3) is 0 Å². The molecule has 13 nitrogen and oxygen atoms in total. The van der Waals surface area contributed by atoms with Crippen molar-refractivity contribution < 1.29 is 32.3 Å². The molecular weight excluding hydrogens is 643 g/mol. The van der Waals surface area contributed by atoms with Crippen molar-refractivity contribution in [3.05, 3.63) is 47.3 Å². The molecule has 0 radical (unpaired) electrons. The van der Waals surface area contributed by atoms with Gasteiger partial charge >= 0.3 is 18.3 Å². The van der Waals surface area contributed by atoms with Crippen molar-refractivity contribution in [2.75, 3.05) is 55.6 Å². The molecule has 0 aliphatic carbocycles. The predicted octanol–water partition coefficient (Wildman–Crippen LogP) is 3.74. The van der Waals surface area contributed by atoms with Crippen LogP contribution in [0.5, 0.6) is 0 Å². The van der Waals surface area contributed by atoms with Crippen LogP contribution in [0.2, 0.25) is 0 Å². The van der Waals surface area contributed by atoms with E-state index in [0.717, 1.165) is 5.56 Å². The number of nitrogens with one attached hydrogen (secondary N) is 4. The van der Waals surface area contributed by atoms with Crippen molar-refractivity contribution in [3.63, 3.8) is 0 Å². The Hall–Kier alpha value is -4.81. The summed E-state index contributed by atoms with van der Waals surface area (Å²) in [6.45, 7) is 7.86. The molecule has 4 N–H and O–H groups in total. The largest absolute Gasteiger partial charge is 0.451 e. The normalized spacial score (nSPS) is 16.6. The van der Waals surface area contributed by atoms with Gasteiger partial charge in [0.15, 0.2) is 0 Å². The third-order valence-electron chi connectivity index (χ3n) is 8.22. The Kier molecular flexibility index (Phi) is 12.5. The van der Waals surface area contributed by atoms with E-state index in [1.54, 1.807) is 42.7 Å². The third-order valence-corrected chi connectivity index (χ3v) is 8.22. The highest BCUT2D eigenvalue weighted by molar-refractivity contribution is 5.86. The summed E-state index contributed by atoms with van der Waals surface area (Å²) in [5.74, 6) is -1.03. The predicted molar refractivity (Wildman–Crippen MR) is 176 cm³/mol. The van der Waals surface area contributed by atoms with E-state index in [-0.39, 0.29) is 42.6 Å². The van der Waals surface area contributed by atoms with Crippen LogP contribution in [0.3, 0.4) is 0 Å². The number of nitrogens with zero attached hydrogens (tertiary/aromatic N) is 5. The van der Waals surface area contributed by atoms with Crippen LogP contribution in [-0.2, 0) is 22.1 Å². The zero-order chi connectivity index (χ0) is 35.6. The molecule has 49 heavy (non-hydrogen) atoms. The summed E-state index contributed by atoms with van der Waals surface area (Å²) in [5, 5.41) is 19.8. The van der Waals surface area contributed by atoms with Crippen molar-refractivity contribution >= 4 is 29.7 Å². The Morgan fingerprint density at radius 3 is 2.16 bits per heavy atom. The number of anilines is 2. The molecule has 1 atom stereocenters. The van der Waals surface area contributed by atoms with Gasteiger partial charge in [-0.2, -0.15) is 18.4 Å². The van der Waals surface area contributed by atoms with E-state index in [1.165, 1.54) is 6.07 Å². The van der Waals surface area contributed by atoms with Gasteiger partial charge in [0.05, 0.1) is 11.6 Å². The minimum Gasteiger partial charge on any atom is -0.444 e. The second-order valence-electron chi connectivity index (χ2n) is 13.1. The summed E-state index contributed by atoms with van der Waals surface area (Å²) in [4.78, 5) is 47.7. The first kappa shape index (κ1) is 37.0. The first-order valence-electron chi connectivity index (χ1n) is 16.4. The molecule has 3 heterocycles. The number of piperidine rings is 1. The summed E-state index contributed by atoms with van der Waals surface area (Å²) in [6, 6.07) is 9.63. The van der Waals surface area contributed by atoms with Crippen LogP contribution in [0.4, 0.5) is 34.4 Å². The second kappa shape index (κ2) is 16.5. The van der Waals surface area contributed by atoms with Crippen LogP contribution in [0.25, 0.3) is 0 Å². The van der Waals surface area contributed by atoms with Gasteiger partial charge in [-0.05, 0) is 76.5 Å². The van der Waals surface area contributed by atoms with E-state index in [0.29, 0.717) is 70.4 Å². The number of rotatable bonds is 12. The first-order chi connectivity index (χ1) is 23.2. The molecule has 2 fully saturated rings. The molecule has 0 spiro atoms. The highest BCUT2D eigenvalue weighted by atomic mass is 19.4. The molecule has 0 saturated carbocycles. The SMILES string of the molecule is CC(C)(C)OC(=O)NCCNC(=O)NCCC1CCN(c2cc(N3CC[C@H]3C(=O)NCCc3ccc(C#N)cc3)nc(C(F)(F)F)n2)CC1. The molecule has 2 saturated heterocycles. The molecule has 1 aromatic heterocycles. The number of benzene rings is 1. The molecule has 266 valence electrons. The Labute approximate surface area is 284 Å². The lowest BCUT2D eigenvalue weighted by Gasteiger charge is -2.41. The smallest absolute Gasteiger partial charge is 0.444 e. The molecule has 4 rings (SSSR count). The number of carbonyl (C=O) groups is 3. The van der Waals surface area contributed by atoms with Gasteiger partial charge in [-0.1, -0.05) is 12.1 Å². The van der Waals surface area contributed by atoms with E-state index in [4.69, 9.17) is 10.00 Å². The summed E-state index contributed by atoms with van der Waals surface area (Å²) in [7, 11) is 0. The fourth-order valence-electron chi connectivity index (χ4n) is 5.54. The van der Waals surface area contributed by atoms with Crippen LogP contribution in [-0.4, -0.2) is 85.5 Å². The number of halogens is 3. The molecule has 2 aromatic rings. The van der Waals surface area contributed by atoms with Crippen LogP contribution in [0.1, 0.15) is 63.4 Å². The fourth-order valence-corrected chi connectivity index (χ4v) is 5.54. The Morgan fingerprint density at radius 1 is 0.898 bits per heavy atom. The van der Waals surface area contributed by atoms with Crippen molar-refractivity contribution in [3.8, 4) is 6.07 Å². The maximum Gasteiger partial charge on any atom is 0.451 e. The van der Waals surface area contributed by atoms with Gasteiger partial charge in [-0.3, -0.25) is 4.79 Å². The molecule has 0 unspecified atom stereocenters. The van der Waals surface area contributed by atoms with Gasteiger partial charge < -0.3 is 35.8 Å². The minimum absolute atomic E-state index is 0.0643. The number of nitriles is 1. The lowest BCUT2D eigenvalue weighted by atomic mass is 9.93. The van der Waals surface area contributed by atoms with Gasteiger partial charge in [0.1, 0.15) is 23.3 Å². The van der Waals surface area contributed by atoms with Gasteiger partial charge in [-0.15, -0.1) is 0 Å². The number of amides is 4. The summed E-state index contributed by atoms with van der Waals surface area (Å²) < 4.78 is 46.7. The minimum atomic E-state index is -4.76. The topological polar surface area (TPSA) is 165 Å². The zero-order valence-electron chi connectivity index (χ0n) is 28.0. The number of alkyl carbamates (subject to hydrolysis) is 1. The van der Waals surface area contributed by atoms with E-state index in [2.05, 4.69) is 37.3 Å². The molecular formula is C33H44F3N9O4. The number of hydrogen-bond donors (Lipinski definition) is 4. The number of hydrogen-bond acceptors (Lipinski definition) is 9. The van der Waals surface area contributed by atoms with Crippen molar-refractivity contribution in [2.24, 2.45) is 5.92 Å². The first-order valence-corrected chi connectivity index (χ1v) is 16.4. The third kappa shape index (κ3) is 11.4. The second-order valence-corrected chi connectivity index (χ2v) is 13.1. The molecule has 1 aromatic carbocycles. The highest BCUT2D eigenvalue weighted by Crippen LogP contribution is 2.34. The van der Waals surface area contributed by atoms with Crippen molar-refractivity contribution in [1.29, 1.82) is 5.26 Å². The van der Waals surface area contributed by atoms with E-state index in [9.17, 15) is 27.6 Å². The quantitative estimate of drug-likeness (QED) is 0.244. The van der Waals surface area contributed by atoms with E-state index >= 15 is 0 Å². The number of carbonyl (C=O) groups excluding carboxylic acids is 3. The molecule has 16 heteroatoms. The monoisotopic (exact) mass is 687 g/mol. The standard InChI is InChI=1S/C33H44F3N9O4/c1-32(2,3)49-31(48)41-16-15-40-30(47)39-14-9-23-10-17-44(18-11-23)26-20-27(43-29(42-26)33(34,35)36)45-19-12-25(45)28(46)38-13-8-22-4-6-24(21-37)7-5-22/h4-7,20,23,25H,8-19H2,1-3H3,(H,38,46)(H,41,48)(H2,39,40,47)/t25-/m0/s1. The summed E-state index contributed by atoms with van der Waals surface area (Å²) >= 11 is 0. The number of ether oxygens (including phenoxy) is 1. The van der Waals surface area contributed by atoms with Crippen molar-refractivity contribution in [1.82, 2.24) is 31.2 Å². The molecule has 2 aliphatic heterocycles. The van der Waals surface area contributed by atoms with Crippen LogP contribution >= 0.6 is 0 Å². The molecule has 0 bridgehead atoms. The summed E-state index contributed by atoms with van der Waals surface area (Å²) in [5.41, 5.74) is 0.887. The molecule has 2 aliphatic rings. The van der Waals surface area contributed by atoms with E-state index < -0.39 is 29.7 Å². The Balaban J connectivity index is 1.23. The van der Waals surface area contributed by atoms with Crippen LogP contribution in [0, 0.1) is 17.2 Å². The Morgan fingerprint density at radius 2 is 1.55 bits per heavy atom. The average Bonchev–Trinajstić information content (AvgIpc) is 3.02. The van der Waals surface area contributed by atoms with Crippen molar-refractivity contribution in [2.45, 2.75) is 70.7 Å². The number of alkyl halides is 3. The van der Waals surface area contributed by atoms with Gasteiger partial charge in [0.2, 0.25) is 11.7 Å². The van der Waals surface area contributed by atoms with Crippen LogP contribution in [0.15, 0.2) is 30.3 Å². The van der Waals surface area contributed by atoms with E-state index in [1.807, 2.05) is 12.1 Å². The maximum atomic E-state index is 13.9. The number of urea groups is 1. The molecule has 4 amide bonds. The summed E-state index contributed by atoms with van der Waals surface area (Å²) in [6.07, 6.45) is -2.16. The van der Waals surface area contributed by atoms with Gasteiger partial charge in [0, 0.05) is 51.9 Å². The van der Waals surface area contributed by atoms with Crippen LogP contribution < -0.4 is 31.1 Å². The zero-order valence-corrected chi connectivity index (χ0v) is 28.0. The lowest BCUT2D eigenvalue weighted by molar-refractivity contribution is -0.144. The highest BCUT2D eigenvalue weighted by Gasteiger charge is 2.40. The Bertz CT molecular complexity index is 1480. The fraction of sp³-hybridized carbons (Fsp3) is 0.576. The maximum absolute atomic E-state index is 13.9. The average molecular weight is 688 g/mol.